The Morgan fingerprint density at radius 1 is 0.521 bits per heavy atom. The van der Waals surface area contributed by atoms with Crippen molar-refractivity contribution in [1.29, 1.82) is 0 Å². The molecule has 0 unspecified atom stereocenters. The molecule has 8 atom stereocenters. The third-order valence-electron chi connectivity index (χ3n) is 20.2. The second-order valence-corrected chi connectivity index (χ2v) is 30.1. The van der Waals surface area contributed by atoms with Crippen molar-refractivity contribution in [3.8, 4) is 0 Å². The molecule has 4 N–H and O–H groups in total. The van der Waals surface area contributed by atoms with Crippen LogP contribution in [-0.2, 0) is 52.7 Å². The van der Waals surface area contributed by atoms with Crippen LogP contribution in [0, 0.1) is 41.4 Å². The first kappa shape index (κ1) is 80.7. The molecule has 536 valence electrons. The molecule has 1 saturated heterocycles. The number of halogens is 4. The second kappa shape index (κ2) is 36.6. The number of hydrogen-bond donors (Lipinski definition) is 4. The number of rotatable bonds is 13. The van der Waals surface area contributed by atoms with E-state index in [-0.39, 0.29) is 99.2 Å². The molecule has 0 spiro atoms. The maximum absolute atomic E-state index is 15.0. The van der Waals surface area contributed by atoms with Crippen molar-refractivity contribution in [2.24, 2.45) is 41.4 Å². The lowest BCUT2D eigenvalue weighted by atomic mass is 9.79. The van der Waals surface area contributed by atoms with Gasteiger partial charge in [0.15, 0.2) is 0 Å². The van der Waals surface area contributed by atoms with Gasteiger partial charge in [-0.3, -0.25) is 52.7 Å². The molecule has 94 heavy (non-hydrogen) atoms. The molecule has 4 aliphatic rings. The van der Waals surface area contributed by atoms with Crippen LogP contribution < -0.4 is 21.3 Å². The molecule has 0 aromatic carbocycles. The third-order valence-corrected chi connectivity index (χ3v) is 20.7. The van der Waals surface area contributed by atoms with E-state index >= 15 is 4.79 Å². The quantitative estimate of drug-likeness (QED) is 0.138. The fourth-order valence-electron chi connectivity index (χ4n) is 13.8. The van der Waals surface area contributed by atoms with Crippen LogP contribution in [0.2, 0.25) is 0 Å². The largest absolute Gasteiger partial charge is 0.391 e. The molecule has 4 fully saturated rings. The molecule has 4 rings (SSSR count). The Balaban J connectivity index is 1.81. The van der Waals surface area contributed by atoms with Crippen molar-refractivity contribution >= 4 is 76.6 Å². The van der Waals surface area contributed by atoms with Crippen LogP contribution in [0.4, 0.5) is 13.2 Å². The molecule has 26 heteroatoms. The molecular formula is C68H115ClF3N11O11. The third kappa shape index (κ3) is 23.8. The van der Waals surface area contributed by atoms with E-state index in [4.69, 9.17) is 11.6 Å². The van der Waals surface area contributed by atoms with Gasteiger partial charge in [0, 0.05) is 67.2 Å². The molecule has 0 aromatic rings. The summed E-state index contributed by atoms with van der Waals surface area (Å²) in [6.07, 6.45) is 4.42. The fourth-order valence-corrected chi connectivity index (χ4v) is 14.1. The van der Waals surface area contributed by atoms with Crippen molar-refractivity contribution in [2.75, 3.05) is 69.0 Å². The Kier molecular flexibility index (Phi) is 31.4. The van der Waals surface area contributed by atoms with Gasteiger partial charge in [-0.2, -0.15) is 13.2 Å². The van der Waals surface area contributed by atoms with E-state index in [0.29, 0.717) is 38.5 Å². The number of nitrogens with zero attached hydrogens (tertiary/aromatic N) is 7. The van der Waals surface area contributed by atoms with Crippen LogP contribution in [0.1, 0.15) is 197 Å². The predicted octanol–water partition coefficient (Wildman–Crippen LogP) is 6.89. The van der Waals surface area contributed by atoms with Gasteiger partial charge >= 0.3 is 6.18 Å². The average Bonchev–Trinajstić information content (AvgIpc) is 0.837. The topological polar surface area (TPSA) is 259 Å². The highest BCUT2D eigenvalue weighted by atomic mass is 35.5. The summed E-state index contributed by atoms with van der Waals surface area (Å²) in [5.41, 5.74) is -1.70. The van der Waals surface area contributed by atoms with Gasteiger partial charge in [-0.25, -0.2) is 0 Å². The van der Waals surface area contributed by atoms with Crippen molar-refractivity contribution in [1.82, 2.24) is 55.6 Å². The van der Waals surface area contributed by atoms with Gasteiger partial charge in [0.2, 0.25) is 65.0 Å². The average molecular weight is 1360 g/mol. The van der Waals surface area contributed by atoms with E-state index in [1.165, 1.54) is 87.7 Å². The van der Waals surface area contributed by atoms with Crippen molar-refractivity contribution in [3.63, 3.8) is 0 Å². The Hall–Kier alpha value is -5.75. The molecule has 3 saturated carbocycles. The summed E-state index contributed by atoms with van der Waals surface area (Å²) in [4.78, 5) is 169. The standard InChI is InChI=1S/C68H115ClF3N11O11/c1-17-43(6)59-65(93)79(12)39-57(86)77(10)40-58(87)81(14)54(37-47-25-30-49(69)31-26-47)64(92)78(11)38-55(84)74-50(32-27-45-23-28-48(29-24-45)68(70,71)72)63(91)82(15)52(34-42(4)5)62(90)76-67(8,9)66(94)83(16)51(33-41(2)3)60(88)73-44(7)35-56(85)80(13)53(61(89)75-59)36-46-21-19-18-20-22-46/h41-54,59H,17-40H2,1-16H3,(H,73,88)(H,74,84)(H,75,89)(H,76,90)/t43-,44+,45?,47?,48?,49?,50-,51-,52-,53-,54-,59-/m0/s1. The number of carbonyl (C=O) groups is 11. The lowest BCUT2D eigenvalue weighted by molar-refractivity contribution is -0.184. The molecular weight excluding hydrogens is 1240 g/mol. The SMILES string of the molecule is CC[C@H](C)[C@@H]1NC(=O)[C@H](CC2CCCCC2)N(C)C(=O)C[C@@H](C)NC(=O)[C@H](CC(C)C)N(C)C(=O)C(C)(C)NC(=O)[C@H](CC(C)C)N(C)C(=O)[C@H](CCC2CCC(C(F)(F)F)CC2)NC(=O)CN(C)C(=O)[C@H](CC2CCC(Cl)CC2)N(C)C(=O)CN(C)C(=O)CN(C)C1=O. The van der Waals surface area contributed by atoms with Gasteiger partial charge in [-0.1, -0.05) is 80.1 Å². The van der Waals surface area contributed by atoms with Gasteiger partial charge in [-0.15, -0.1) is 11.6 Å². The fraction of sp³-hybridized carbons (Fsp3) is 0.838. The smallest absolute Gasteiger partial charge is 0.351 e. The van der Waals surface area contributed by atoms with E-state index in [0.717, 1.165) is 41.9 Å². The maximum atomic E-state index is 15.0. The van der Waals surface area contributed by atoms with Gasteiger partial charge in [0.1, 0.15) is 41.8 Å². The summed E-state index contributed by atoms with van der Waals surface area (Å²) in [6, 6.07) is -7.77. The van der Waals surface area contributed by atoms with E-state index in [9.17, 15) is 61.1 Å². The van der Waals surface area contributed by atoms with Crippen LogP contribution in [0.3, 0.4) is 0 Å². The predicted molar refractivity (Wildman–Crippen MR) is 354 cm³/mol. The number of hydrogen-bond acceptors (Lipinski definition) is 11. The summed E-state index contributed by atoms with van der Waals surface area (Å²) >= 11 is 6.50. The molecule has 11 amide bonds. The first-order valence-electron chi connectivity index (χ1n) is 34.5. The van der Waals surface area contributed by atoms with Crippen LogP contribution in [0.15, 0.2) is 0 Å². The van der Waals surface area contributed by atoms with E-state index in [1.54, 1.807) is 13.8 Å². The Bertz CT molecular complexity index is 2590. The maximum Gasteiger partial charge on any atom is 0.391 e. The molecule has 1 heterocycles. The minimum absolute atomic E-state index is 0.0310. The molecule has 22 nitrogen and oxygen atoms in total. The van der Waals surface area contributed by atoms with Crippen LogP contribution in [0.25, 0.3) is 0 Å². The Labute approximate surface area is 562 Å². The zero-order chi connectivity index (χ0) is 70.9. The Morgan fingerprint density at radius 3 is 1.57 bits per heavy atom. The molecule has 0 bridgehead atoms. The lowest BCUT2D eigenvalue weighted by Gasteiger charge is -2.38. The second-order valence-electron chi connectivity index (χ2n) is 29.5. The van der Waals surface area contributed by atoms with E-state index < -0.39 is 150 Å². The summed E-state index contributed by atoms with van der Waals surface area (Å²) < 4.78 is 41.3. The summed E-state index contributed by atoms with van der Waals surface area (Å²) in [5.74, 6) is -9.29. The van der Waals surface area contributed by atoms with Gasteiger partial charge in [0.25, 0.3) is 0 Å². The number of amides is 11. The van der Waals surface area contributed by atoms with Crippen molar-refractivity contribution < 1.29 is 65.9 Å². The zero-order valence-corrected chi connectivity index (χ0v) is 60.0. The first-order chi connectivity index (χ1) is 43.8. The van der Waals surface area contributed by atoms with Gasteiger partial charge in [0.05, 0.1) is 25.6 Å². The number of alkyl halides is 4. The lowest BCUT2D eigenvalue weighted by Crippen LogP contribution is -2.63. The normalized spacial score (nSPS) is 29.6. The molecule has 0 aromatic heterocycles. The number of likely N-dealkylation sites (N-methyl/N-ethyl adjacent to an activating group) is 7. The van der Waals surface area contributed by atoms with E-state index in [2.05, 4.69) is 21.3 Å². The van der Waals surface area contributed by atoms with E-state index in [1.807, 2.05) is 34.6 Å². The highest BCUT2D eigenvalue weighted by Crippen LogP contribution is 2.41. The van der Waals surface area contributed by atoms with Crippen molar-refractivity contribution in [2.45, 2.75) is 257 Å². The van der Waals surface area contributed by atoms with Crippen LogP contribution in [0.5, 0.6) is 0 Å². The van der Waals surface area contributed by atoms with Crippen LogP contribution in [-0.4, -0.2) is 228 Å². The Morgan fingerprint density at radius 2 is 1.02 bits per heavy atom. The molecule has 0 radical (unpaired) electrons. The van der Waals surface area contributed by atoms with Crippen molar-refractivity contribution in [3.05, 3.63) is 0 Å². The molecule has 1 aliphatic heterocycles. The number of nitrogens with one attached hydrogen (secondary N) is 4. The van der Waals surface area contributed by atoms with Crippen LogP contribution >= 0.6 is 11.6 Å². The highest BCUT2D eigenvalue weighted by Gasteiger charge is 2.45. The zero-order valence-electron chi connectivity index (χ0n) is 59.3. The van der Waals surface area contributed by atoms with Gasteiger partial charge in [-0.05, 0) is 146 Å². The van der Waals surface area contributed by atoms with Gasteiger partial charge < -0.3 is 55.6 Å². The summed E-state index contributed by atoms with van der Waals surface area (Å²) in [5, 5.41) is 11.5. The minimum atomic E-state index is -4.35. The monoisotopic (exact) mass is 1350 g/mol. The summed E-state index contributed by atoms with van der Waals surface area (Å²) in [7, 11) is 10.0. The minimum Gasteiger partial charge on any atom is -0.351 e. The highest BCUT2D eigenvalue weighted by molar-refractivity contribution is 6.20. The molecule has 3 aliphatic carbocycles. The number of carbonyl (C=O) groups excluding carboxylic acids is 11. The first-order valence-corrected chi connectivity index (χ1v) is 34.9. The summed E-state index contributed by atoms with van der Waals surface area (Å²) in [6.45, 7) is 14.1.